The predicted octanol–water partition coefficient (Wildman–Crippen LogP) is -0.574. The van der Waals surface area contributed by atoms with Crippen LogP contribution >= 0.6 is 11.8 Å². The Kier molecular flexibility index (Phi) is 9.95. The van der Waals surface area contributed by atoms with Gasteiger partial charge in [0.25, 0.3) is 0 Å². The Balaban J connectivity index is 1.71. The lowest BCUT2D eigenvalue weighted by Crippen LogP contribution is -2.51. The van der Waals surface area contributed by atoms with Crippen LogP contribution in [0.5, 0.6) is 0 Å². The number of hydrogen-bond acceptors (Lipinski definition) is 7. The molecule has 3 amide bonds. The summed E-state index contributed by atoms with van der Waals surface area (Å²) in [6, 6.07) is 7.82. The summed E-state index contributed by atoms with van der Waals surface area (Å²) in [5.74, 6) is 0.418. The summed E-state index contributed by atoms with van der Waals surface area (Å²) in [4.78, 5) is 38.4. The van der Waals surface area contributed by atoms with Crippen LogP contribution in [0.2, 0.25) is 0 Å². The van der Waals surface area contributed by atoms with Crippen LogP contribution in [0, 0.1) is 5.41 Å². The predicted molar refractivity (Wildman–Crippen MR) is 126 cm³/mol. The van der Waals surface area contributed by atoms with E-state index in [9.17, 15) is 19.5 Å². The fourth-order valence-corrected chi connectivity index (χ4v) is 4.16. The van der Waals surface area contributed by atoms with Crippen LogP contribution in [0.3, 0.4) is 0 Å². The molecule has 3 atom stereocenters. The maximum Gasteiger partial charge on any atom is 0.250 e. The summed E-state index contributed by atoms with van der Waals surface area (Å²) in [5, 5.41) is 15.7. The quantitative estimate of drug-likeness (QED) is 0.293. The molecule has 9 nitrogen and oxygen atoms in total. The van der Waals surface area contributed by atoms with Crippen molar-refractivity contribution in [3.05, 3.63) is 35.9 Å². The number of carbonyl (C=O) groups is 3. The molecule has 1 saturated heterocycles. The number of nitrogens with two attached hydrogens (primary N) is 2. The van der Waals surface area contributed by atoms with Gasteiger partial charge in [0.2, 0.25) is 17.7 Å². The number of nitrogens with one attached hydrogen (secondary N) is 2. The van der Waals surface area contributed by atoms with Gasteiger partial charge in [-0.25, -0.2) is 0 Å². The van der Waals surface area contributed by atoms with Gasteiger partial charge in [0, 0.05) is 31.4 Å². The van der Waals surface area contributed by atoms with Crippen molar-refractivity contribution in [3.8, 4) is 0 Å². The number of rotatable bonds is 11. The highest BCUT2D eigenvalue weighted by molar-refractivity contribution is 7.99. The Hall–Kier alpha value is -2.14. The monoisotopic (exact) mass is 465 g/mol. The summed E-state index contributed by atoms with van der Waals surface area (Å²) < 4.78 is 0. The van der Waals surface area contributed by atoms with Gasteiger partial charge >= 0.3 is 0 Å². The summed E-state index contributed by atoms with van der Waals surface area (Å²) in [5.41, 5.74) is 12.3. The molecule has 1 fully saturated rings. The Morgan fingerprint density at radius 3 is 2.44 bits per heavy atom. The average molecular weight is 466 g/mol. The lowest BCUT2D eigenvalue weighted by atomic mass is 9.93. The van der Waals surface area contributed by atoms with Crippen molar-refractivity contribution >= 4 is 29.5 Å². The van der Waals surface area contributed by atoms with E-state index in [0.29, 0.717) is 18.8 Å². The van der Waals surface area contributed by atoms with Crippen molar-refractivity contribution in [2.24, 2.45) is 16.9 Å². The Labute approximate surface area is 193 Å². The molecule has 10 heteroatoms. The molecule has 0 aromatic heterocycles. The van der Waals surface area contributed by atoms with Crippen molar-refractivity contribution in [1.82, 2.24) is 15.5 Å². The summed E-state index contributed by atoms with van der Waals surface area (Å²) in [6.07, 6.45) is -1.05. The van der Waals surface area contributed by atoms with Crippen molar-refractivity contribution in [2.75, 3.05) is 31.3 Å². The molecule has 1 aromatic carbocycles. The molecule has 0 aliphatic carbocycles. The molecule has 1 aromatic rings. The minimum absolute atomic E-state index is 0.0878. The van der Waals surface area contributed by atoms with Crippen LogP contribution in [-0.4, -0.2) is 77.2 Å². The maximum absolute atomic E-state index is 12.3. The van der Waals surface area contributed by atoms with Crippen molar-refractivity contribution in [1.29, 1.82) is 0 Å². The second-order valence-electron chi connectivity index (χ2n) is 8.91. The zero-order valence-corrected chi connectivity index (χ0v) is 19.6. The number of amides is 3. The van der Waals surface area contributed by atoms with Crippen molar-refractivity contribution < 1.29 is 19.5 Å². The van der Waals surface area contributed by atoms with Crippen molar-refractivity contribution in [3.63, 3.8) is 0 Å². The largest absolute Gasteiger partial charge is 0.382 e. The Bertz CT molecular complexity index is 771. The molecule has 0 bridgehead atoms. The first-order chi connectivity index (χ1) is 15.1. The normalized spacial score (nSPS) is 16.8. The van der Waals surface area contributed by atoms with Crippen molar-refractivity contribution in [2.45, 2.75) is 44.9 Å². The van der Waals surface area contributed by atoms with Gasteiger partial charge in [-0.1, -0.05) is 44.2 Å². The number of benzene rings is 1. The first-order valence-electron chi connectivity index (χ1n) is 10.7. The smallest absolute Gasteiger partial charge is 0.250 e. The second kappa shape index (κ2) is 12.2. The zero-order valence-electron chi connectivity index (χ0n) is 18.8. The van der Waals surface area contributed by atoms with E-state index in [-0.39, 0.29) is 31.3 Å². The van der Waals surface area contributed by atoms with Gasteiger partial charge in [-0.2, -0.15) is 0 Å². The van der Waals surface area contributed by atoms with E-state index >= 15 is 0 Å². The third-order valence-corrected chi connectivity index (χ3v) is 6.25. The zero-order chi connectivity index (χ0) is 23.7. The third-order valence-electron chi connectivity index (χ3n) is 5.28. The van der Waals surface area contributed by atoms with Gasteiger partial charge in [0.1, 0.15) is 6.10 Å². The number of hydrogen-bond donors (Lipinski definition) is 5. The average Bonchev–Trinajstić information content (AvgIpc) is 3.30. The highest BCUT2D eigenvalue weighted by atomic mass is 32.2. The molecular weight excluding hydrogens is 430 g/mol. The Morgan fingerprint density at radius 1 is 1.16 bits per heavy atom. The lowest BCUT2D eigenvalue weighted by molar-refractivity contribution is -0.134. The molecule has 1 aliphatic heterocycles. The molecule has 0 spiro atoms. The second-order valence-corrected chi connectivity index (χ2v) is 9.98. The molecule has 2 rings (SSSR count). The first-order valence-corrected chi connectivity index (χ1v) is 11.9. The van der Waals surface area contributed by atoms with E-state index in [1.54, 1.807) is 16.7 Å². The summed E-state index contributed by atoms with van der Waals surface area (Å²) in [7, 11) is 0. The minimum Gasteiger partial charge on any atom is -0.382 e. The van der Waals surface area contributed by atoms with Gasteiger partial charge < -0.3 is 32.1 Å². The van der Waals surface area contributed by atoms with Crippen LogP contribution in [0.15, 0.2) is 30.3 Å². The number of aliphatic hydroxyl groups excluding tert-OH is 1. The van der Waals surface area contributed by atoms with E-state index < -0.39 is 29.5 Å². The summed E-state index contributed by atoms with van der Waals surface area (Å²) in [6.45, 7) is 4.91. The van der Waals surface area contributed by atoms with Gasteiger partial charge in [-0.3, -0.25) is 14.4 Å². The van der Waals surface area contributed by atoms with E-state index in [4.69, 9.17) is 11.5 Å². The topological polar surface area (TPSA) is 151 Å². The minimum atomic E-state index is -1.34. The van der Waals surface area contributed by atoms with E-state index in [1.165, 1.54) is 0 Å². The van der Waals surface area contributed by atoms with Gasteiger partial charge in [0.05, 0.1) is 18.3 Å². The van der Waals surface area contributed by atoms with E-state index in [1.807, 2.05) is 44.2 Å². The standard InChI is InChI=1S/C22H35N5O4S/c1-22(2,12-25-18(28)11-17(24)21(31)27-8-9-32-14-27)13-26-20(30)19(29)16(23)10-15-6-4-3-5-7-15/h3-7,16-17,19,29H,8-14,23-24H2,1-2H3,(H,25,28)(H,26,30). The van der Waals surface area contributed by atoms with Gasteiger partial charge in [-0.05, 0) is 17.4 Å². The SMILES string of the molecule is CC(C)(CNC(=O)CC(N)C(=O)N1CCSC1)CNC(=O)C(O)C(N)Cc1ccccc1. The number of nitrogens with zero attached hydrogens (tertiary/aromatic N) is 1. The van der Waals surface area contributed by atoms with Gasteiger partial charge in [0.15, 0.2) is 0 Å². The Morgan fingerprint density at radius 2 is 1.81 bits per heavy atom. The van der Waals surface area contributed by atoms with Crippen LogP contribution in [0.1, 0.15) is 25.8 Å². The van der Waals surface area contributed by atoms with Crippen LogP contribution in [0.4, 0.5) is 0 Å². The highest BCUT2D eigenvalue weighted by Gasteiger charge is 2.28. The number of carbonyl (C=O) groups excluding carboxylic acids is 3. The van der Waals surface area contributed by atoms with Crippen LogP contribution in [-0.2, 0) is 20.8 Å². The van der Waals surface area contributed by atoms with Crippen LogP contribution in [0.25, 0.3) is 0 Å². The lowest BCUT2D eigenvalue weighted by Gasteiger charge is -2.27. The maximum atomic E-state index is 12.3. The molecular formula is C22H35N5O4S. The molecule has 0 saturated carbocycles. The molecule has 32 heavy (non-hydrogen) atoms. The molecule has 1 heterocycles. The molecule has 1 aliphatic rings. The van der Waals surface area contributed by atoms with E-state index in [2.05, 4.69) is 10.6 Å². The third kappa shape index (κ3) is 8.42. The first kappa shape index (κ1) is 26.1. The summed E-state index contributed by atoms with van der Waals surface area (Å²) >= 11 is 1.66. The number of aliphatic hydroxyl groups is 1. The highest BCUT2D eigenvalue weighted by Crippen LogP contribution is 2.15. The van der Waals surface area contributed by atoms with Gasteiger partial charge in [-0.15, -0.1) is 11.8 Å². The molecule has 0 radical (unpaired) electrons. The molecule has 7 N–H and O–H groups in total. The fourth-order valence-electron chi connectivity index (χ4n) is 3.21. The number of thioether (sulfide) groups is 1. The van der Waals surface area contributed by atoms with Crippen LogP contribution < -0.4 is 22.1 Å². The molecule has 178 valence electrons. The fraction of sp³-hybridized carbons (Fsp3) is 0.591. The molecule has 3 unspecified atom stereocenters. The van der Waals surface area contributed by atoms with E-state index in [0.717, 1.165) is 11.3 Å².